The molecule has 0 fully saturated rings. The van der Waals surface area contributed by atoms with Gasteiger partial charge in [0.1, 0.15) is 5.78 Å². The van der Waals surface area contributed by atoms with E-state index in [-0.39, 0.29) is 11.7 Å². The van der Waals surface area contributed by atoms with Gasteiger partial charge in [0.15, 0.2) is 0 Å². The molecule has 0 aliphatic carbocycles. The molecule has 0 aromatic heterocycles. The van der Waals surface area contributed by atoms with Crippen LogP contribution in [0.5, 0.6) is 0 Å². The molecule has 1 unspecified atom stereocenters. The van der Waals surface area contributed by atoms with Gasteiger partial charge in [0.25, 0.3) is 0 Å². The molecule has 0 aliphatic heterocycles. The van der Waals surface area contributed by atoms with Crippen LogP contribution in [-0.2, 0) is 4.79 Å². The summed E-state index contributed by atoms with van der Waals surface area (Å²) in [4.78, 5) is 10.9. The largest absolute Gasteiger partial charge is 0.299 e. The van der Waals surface area contributed by atoms with E-state index in [2.05, 4.69) is 6.92 Å². The predicted molar refractivity (Wildman–Crippen MR) is 45.2 cm³/mol. The minimum Gasteiger partial charge on any atom is -0.299 e. The molecule has 11 heavy (non-hydrogen) atoms. The molecule has 1 aromatic rings. The first-order valence-corrected chi connectivity index (χ1v) is 3.60. The lowest BCUT2D eigenvalue weighted by Crippen LogP contribution is -2.03. The number of Topliss-reactive ketones (excluding diaryl/α,β-unsaturated/α-hetero) is 1. The lowest BCUT2D eigenvalue weighted by molar-refractivity contribution is -0.117. The molecule has 1 aromatic carbocycles. The molecular formula is C10H11O. The first kappa shape index (κ1) is 7.99. The lowest BCUT2D eigenvalue weighted by Gasteiger charge is -2.05. The van der Waals surface area contributed by atoms with Crippen molar-refractivity contribution in [2.75, 3.05) is 0 Å². The lowest BCUT2D eigenvalue weighted by atomic mass is 9.98. The highest BCUT2D eigenvalue weighted by molar-refractivity contribution is 5.83. The maximum atomic E-state index is 10.9. The second-order valence-corrected chi connectivity index (χ2v) is 2.57. The topological polar surface area (TPSA) is 17.1 Å². The van der Waals surface area contributed by atoms with Crippen molar-refractivity contribution in [1.82, 2.24) is 0 Å². The second-order valence-electron chi connectivity index (χ2n) is 2.57. The van der Waals surface area contributed by atoms with E-state index >= 15 is 0 Å². The fourth-order valence-corrected chi connectivity index (χ4v) is 0.920. The molecule has 0 saturated heterocycles. The molecule has 1 nitrogen and oxygen atoms in total. The van der Waals surface area contributed by atoms with E-state index in [0.29, 0.717) is 0 Å². The molecular weight excluding hydrogens is 136 g/mol. The van der Waals surface area contributed by atoms with Gasteiger partial charge in [-0.3, -0.25) is 4.79 Å². The van der Waals surface area contributed by atoms with Crippen molar-refractivity contribution in [2.24, 2.45) is 0 Å². The number of ketones is 1. The van der Waals surface area contributed by atoms with Crippen LogP contribution in [0.2, 0.25) is 0 Å². The summed E-state index contributed by atoms with van der Waals surface area (Å²) >= 11 is 0. The summed E-state index contributed by atoms with van der Waals surface area (Å²) in [5.74, 6) is -0.104. The Morgan fingerprint density at radius 3 is 2.36 bits per heavy atom. The van der Waals surface area contributed by atoms with Crippen molar-refractivity contribution in [2.45, 2.75) is 12.8 Å². The van der Waals surface area contributed by atoms with Crippen molar-refractivity contribution in [1.29, 1.82) is 0 Å². The fraction of sp³-hybridized carbons (Fsp3) is 0.200. The summed E-state index contributed by atoms with van der Waals surface area (Å²) in [6.07, 6.45) is 0. The third kappa shape index (κ3) is 1.90. The van der Waals surface area contributed by atoms with Crippen LogP contribution in [0.4, 0.5) is 0 Å². The second kappa shape index (κ2) is 3.33. The van der Waals surface area contributed by atoms with Gasteiger partial charge in [-0.1, -0.05) is 30.3 Å². The van der Waals surface area contributed by atoms with Gasteiger partial charge >= 0.3 is 0 Å². The van der Waals surface area contributed by atoms with E-state index < -0.39 is 0 Å². The van der Waals surface area contributed by atoms with Gasteiger partial charge in [-0.05, 0) is 19.4 Å². The van der Waals surface area contributed by atoms with E-state index in [1.165, 1.54) is 0 Å². The summed E-state index contributed by atoms with van der Waals surface area (Å²) in [5.41, 5.74) is 0.986. The fourth-order valence-electron chi connectivity index (χ4n) is 0.920. The van der Waals surface area contributed by atoms with Gasteiger partial charge < -0.3 is 0 Å². The van der Waals surface area contributed by atoms with Crippen molar-refractivity contribution in [3.63, 3.8) is 0 Å². The third-order valence-electron chi connectivity index (χ3n) is 1.69. The van der Waals surface area contributed by atoms with E-state index in [0.717, 1.165) is 5.56 Å². The third-order valence-corrected chi connectivity index (χ3v) is 1.69. The summed E-state index contributed by atoms with van der Waals surface area (Å²) < 4.78 is 0. The molecule has 1 rings (SSSR count). The van der Waals surface area contributed by atoms with Crippen LogP contribution in [0.25, 0.3) is 0 Å². The highest BCUT2D eigenvalue weighted by Gasteiger charge is 2.08. The quantitative estimate of drug-likeness (QED) is 0.626. The van der Waals surface area contributed by atoms with Gasteiger partial charge in [-0.15, -0.1) is 0 Å². The van der Waals surface area contributed by atoms with Gasteiger partial charge in [0, 0.05) is 5.92 Å². The summed E-state index contributed by atoms with van der Waals surface area (Å²) in [6, 6.07) is 9.58. The number of rotatable bonds is 2. The number of carbonyl (C=O) groups excluding carboxylic acids is 1. The van der Waals surface area contributed by atoms with Crippen LogP contribution in [0.1, 0.15) is 18.4 Å². The van der Waals surface area contributed by atoms with Crippen molar-refractivity contribution < 1.29 is 4.79 Å². The van der Waals surface area contributed by atoms with Crippen LogP contribution >= 0.6 is 0 Å². The molecule has 0 N–H and O–H groups in total. The molecule has 0 amide bonds. The van der Waals surface area contributed by atoms with Crippen molar-refractivity contribution in [3.8, 4) is 0 Å². The summed E-state index contributed by atoms with van der Waals surface area (Å²) in [7, 11) is 0. The SMILES string of the molecule is [CH2]C(C(C)=O)c1ccccc1. The summed E-state index contributed by atoms with van der Waals surface area (Å²) in [6.45, 7) is 5.32. The molecule has 1 heteroatoms. The van der Waals surface area contributed by atoms with E-state index in [1.54, 1.807) is 6.92 Å². The van der Waals surface area contributed by atoms with Crippen LogP contribution < -0.4 is 0 Å². The smallest absolute Gasteiger partial charge is 0.137 e. The zero-order valence-corrected chi connectivity index (χ0v) is 6.58. The zero-order chi connectivity index (χ0) is 8.27. The molecule has 0 heterocycles. The molecule has 0 aliphatic rings. The first-order chi connectivity index (χ1) is 5.22. The standard InChI is InChI=1S/C10H11O/c1-8(9(2)11)10-6-4-3-5-7-10/h3-8H,1H2,2H3. The van der Waals surface area contributed by atoms with Crippen LogP contribution in [0.3, 0.4) is 0 Å². The Hall–Kier alpha value is -1.11. The molecule has 57 valence electrons. The average molecular weight is 147 g/mol. The molecule has 0 saturated carbocycles. The van der Waals surface area contributed by atoms with Gasteiger partial charge in [-0.2, -0.15) is 0 Å². The van der Waals surface area contributed by atoms with Gasteiger partial charge in [0.05, 0.1) is 0 Å². The number of hydrogen-bond acceptors (Lipinski definition) is 1. The van der Waals surface area contributed by atoms with Gasteiger partial charge in [0.2, 0.25) is 0 Å². The monoisotopic (exact) mass is 147 g/mol. The molecule has 1 atom stereocenters. The molecule has 0 bridgehead atoms. The Kier molecular flexibility index (Phi) is 2.42. The van der Waals surface area contributed by atoms with Crippen molar-refractivity contribution in [3.05, 3.63) is 42.8 Å². The van der Waals surface area contributed by atoms with Crippen LogP contribution in [0.15, 0.2) is 30.3 Å². The van der Waals surface area contributed by atoms with E-state index in [4.69, 9.17) is 0 Å². The van der Waals surface area contributed by atoms with Crippen LogP contribution in [-0.4, -0.2) is 5.78 Å². The van der Waals surface area contributed by atoms with E-state index in [9.17, 15) is 4.79 Å². The Morgan fingerprint density at radius 2 is 1.91 bits per heavy atom. The van der Waals surface area contributed by atoms with Crippen LogP contribution in [0, 0.1) is 6.92 Å². The normalized spacial score (nSPS) is 12.5. The first-order valence-electron chi connectivity index (χ1n) is 3.60. The number of hydrogen-bond donors (Lipinski definition) is 0. The molecule has 0 spiro atoms. The average Bonchev–Trinajstić information content (AvgIpc) is 2.05. The van der Waals surface area contributed by atoms with E-state index in [1.807, 2.05) is 30.3 Å². The minimum atomic E-state index is -0.212. The number of benzene rings is 1. The maximum Gasteiger partial charge on any atom is 0.137 e. The van der Waals surface area contributed by atoms with Gasteiger partial charge in [-0.25, -0.2) is 0 Å². The van der Waals surface area contributed by atoms with Crippen molar-refractivity contribution >= 4 is 5.78 Å². The maximum absolute atomic E-state index is 10.9. The highest BCUT2D eigenvalue weighted by atomic mass is 16.1. The Balaban J connectivity index is 2.85. The number of carbonyl (C=O) groups is 1. The predicted octanol–water partition coefficient (Wildman–Crippen LogP) is 2.19. The zero-order valence-electron chi connectivity index (χ0n) is 6.58. The molecule has 1 radical (unpaired) electrons. The minimum absolute atomic E-state index is 0.108. The Bertz CT molecular complexity index is 238. The summed E-state index contributed by atoms with van der Waals surface area (Å²) in [5, 5.41) is 0. The highest BCUT2D eigenvalue weighted by Crippen LogP contribution is 2.13. The Labute approximate surface area is 67.1 Å². The Morgan fingerprint density at radius 1 is 1.36 bits per heavy atom.